The topological polar surface area (TPSA) is 23.6 Å². The molecule has 2 fully saturated rings. The number of piperazine rings is 1. The van der Waals surface area contributed by atoms with Crippen molar-refractivity contribution in [3.63, 3.8) is 0 Å². The lowest BCUT2D eigenvalue weighted by Crippen LogP contribution is -2.46. The molecule has 3 heteroatoms. The molecule has 0 aromatic carbocycles. The van der Waals surface area contributed by atoms with Crippen LogP contribution in [0, 0.1) is 0 Å². The summed E-state index contributed by atoms with van der Waals surface area (Å²) in [5, 5.41) is 0. The van der Waals surface area contributed by atoms with Gasteiger partial charge in [0.2, 0.25) is 5.91 Å². The number of rotatable bonds is 0. The number of nitrogens with zero attached hydrogens (tertiary/aromatic N) is 2. The van der Waals surface area contributed by atoms with Gasteiger partial charge in [0.05, 0.1) is 0 Å². The van der Waals surface area contributed by atoms with E-state index in [1.165, 1.54) is 6.42 Å². The summed E-state index contributed by atoms with van der Waals surface area (Å²) in [5.41, 5.74) is 0. The summed E-state index contributed by atoms with van der Waals surface area (Å²) in [6.07, 6.45) is 1.19. The monoisotopic (exact) mass is 154 g/mol. The molecule has 0 bridgehead atoms. The number of likely N-dealkylation sites (N-methyl/N-ethyl adjacent to an activating group) is 1. The minimum absolute atomic E-state index is 0.241. The van der Waals surface area contributed by atoms with Crippen LogP contribution in [-0.2, 0) is 4.79 Å². The number of hydrogen-bond acceptors (Lipinski definition) is 2. The number of amides is 1. The van der Waals surface area contributed by atoms with Crippen molar-refractivity contribution in [2.24, 2.45) is 0 Å². The first-order valence-corrected chi connectivity index (χ1v) is 4.17. The smallest absolute Gasteiger partial charge is 0.219 e. The molecule has 62 valence electrons. The second-order valence-electron chi connectivity index (χ2n) is 3.56. The van der Waals surface area contributed by atoms with Gasteiger partial charge in [-0.15, -0.1) is 0 Å². The normalized spacial score (nSPS) is 36.7. The van der Waals surface area contributed by atoms with Crippen molar-refractivity contribution in [3.05, 3.63) is 0 Å². The zero-order valence-electron chi connectivity index (χ0n) is 7.08. The molecular weight excluding hydrogens is 140 g/mol. The van der Waals surface area contributed by atoms with Gasteiger partial charge in [-0.1, -0.05) is 0 Å². The van der Waals surface area contributed by atoms with Gasteiger partial charge in [-0.25, -0.2) is 0 Å². The lowest BCUT2D eigenvalue weighted by molar-refractivity contribution is -0.130. The van der Waals surface area contributed by atoms with Gasteiger partial charge in [0.1, 0.15) is 0 Å². The maximum absolute atomic E-state index is 11.0. The minimum Gasteiger partial charge on any atom is -0.337 e. The van der Waals surface area contributed by atoms with Crippen molar-refractivity contribution >= 4 is 5.91 Å². The molecule has 2 unspecified atom stereocenters. The Hall–Kier alpha value is -0.570. The van der Waals surface area contributed by atoms with Gasteiger partial charge >= 0.3 is 0 Å². The molecule has 1 amide bonds. The molecule has 0 spiro atoms. The fraction of sp³-hybridized carbons (Fsp3) is 0.875. The molecule has 2 atom stereocenters. The first kappa shape index (κ1) is 7.10. The highest BCUT2D eigenvalue weighted by molar-refractivity contribution is 5.74. The summed E-state index contributed by atoms with van der Waals surface area (Å²) in [7, 11) is 2.14. The molecule has 1 aliphatic carbocycles. The Kier molecular flexibility index (Phi) is 1.42. The van der Waals surface area contributed by atoms with E-state index >= 15 is 0 Å². The van der Waals surface area contributed by atoms with Crippen LogP contribution in [0.5, 0.6) is 0 Å². The van der Waals surface area contributed by atoms with Crippen LogP contribution in [0.2, 0.25) is 0 Å². The third-order valence-corrected chi connectivity index (χ3v) is 2.79. The summed E-state index contributed by atoms with van der Waals surface area (Å²) in [6, 6.07) is 1.22. The van der Waals surface area contributed by atoms with E-state index in [0.29, 0.717) is 12.1 Å². The van der Waals surface area contributed by atoms with E-state index in [9.17, 15) is 4.79 Å². The van der Waals surface area contributed by atoms with Crippen molar-refractivity contribution in [2.75, 3.05) is 20.1 Å². The van der Waals surface area contributed by atoms with Gasteiger partial charge in [-0.3, -0.25) is 9.69 Å². The molecule has 2 aliphatic rings. The maximum atomic E-state index is 11.0. The standard InChI is InChI=1S/C8H14N2O/c1-6(11)10-4-3-9(2)7-5-8(7)10/h7-8H,3-5H2,1-2H3. The highest BCUT2D eigenvalue weighted by Gasteiger charge is 2.48. The van der Waals surface area contributed by atoms with Gasteiger partial charge in [-0.05, 0) is 13.5 Å². The highest BCUT2D eigenvalue weighted by atomic mass is 16.2. The van der Waals surface area contributed by atoms with Crippen molar-refractivity contribution in [1.82, 2.24) is 9.80 Å². The van der Waals surface area contributed by atoms with Crippen molar-refractivity contribution in [2.45, 2.75) is 25.4 Å². The molecule has 0 radical (unpaired) electrons. The van der Waals surface area contributed by atoms with Crippen molar-refractivity contribution in [3.8, 4) is 0 Å². The quantitative estimate of drug-likeness (QED) is 0.487. The third-order valence-electron chi connectivity index (χ3n) is 2.79. The second kappa shape index (κ2) is 2.21. The molecule has 0 N–H and O–H groups in total. The summed E-state index contributed by atoms with van der Waals surface area (Å²) in [6.45, 7) is 3.63. The molecule has 1 aliphatic heterocycles. The van der Waals surface area contributed by atoms with E-state index < -0.39 is 0 Å². The highest BCUT2D eigenvalue weighted by Crippen LogP contribution is 2.35. The van der Waals surface area contributed by atoms with Gasteiger partial charge in [0, 0.05) is 32.1 Å². The number of fused-ring (bicyclic) bond motifs is 1. The van der Waals surface area contributed by atoms with Gasteiger partial charge in [-0.2, -0.15) is 0 Å². The summed E-state index contributed by atoms with van der Waals surface area (Å²) in [4.78, 5) is 15.4. The van der Waals surface area contributed by atoms with Crippen LogP contribution in [-0.4, -0.2) is 47.9 Å². The average molecular weight is 154 g/mol. The van der Waals surface area contributed by atoms with Crippen LogP contribution in [0.25, 0.3) is 0 Å². The lowest BCUT2D eigenvalue weighted by Gasteiger charge is -2.31. The first-order valence-electron chi connectivity index (χ1n) is 4.17. The second-order valence-corrected chi connectivity index (χ2v) is 3.56. The van der Waals surface area contributed by atoms with Gasteiger partial charge in [0.15, 0.2) is 0 Å². The molecule has 0 aromatic rings. The van der Waals surface area contributed by atoms with Crippen LogP contribution in [0.15, 0.2) is 0 Å². The molecule has 11 heavy (non-hydrogen) atoms. The third kappa shape index (κ3) is 1.03. The summed E-state index contributed by atoms with van der Waals surface area (Å²) in [5.74, 6) is 0.241. The summed E-state index contributed by atoms with van der Waals surface area (Å²) >= 11 is 0. The minimum atomic E-state index is 0.241. The Morgan fingerprint density at radius 1 is 1.36 bits per heavy atom. The van der Waals surface area contributed by atoms with Crippen LogP contribution in [0.1, 0.15) is 13.3 Å². The van der Waals surface area contributed by atoms with E-state index in [1.807, 2.05) is 4.90 Å². The van der Waals surface area contributed by atoms with Crippen LogP contribution >= 0.6 is 0 Å². The van der Waals surface area contributed by atoms with E-state index in [1.54, 1.807) is 6.92 Å². The Morgan fingerprint density at radius 2 is 2.09 bits per heavy atom. The molecular formula is C8H14N2O. The molecule has 2 rings (SSSR count). The Labute approximate surface area is 67.0 Å². The zero-order valence-corrected chi connectivity index (χ0v) is 7.08. The molecule has 1 saturated heterocycles. The zero-order chi connectivity index (χ0) is 8.01. The van der Waals surface area contributed by atoms with Crippen LogP contribution in [0.4, 0.5) is 0 Å². The summed E-state index contributed by atoms with van der Waals surface area (Å²) < 4.78 is 0. The molecule has 1 heterocycles. The SMILES string of the molecule is CC(=O)N1CCN(C)C2CC21. The Bertz CT molecular complexity index is 193. The fourth-order valence-electron chi connectivity index (χ4n) is 1.97. The van der Waals surface area contributed by atoms with Crippen LogP contribution in [0.3, 0.4) is 0 Å². The molecule has 1 saturated carbocycles. The van der Waals surface area contributed by atoms with E-state index in [0.717, 1.165) is 13.1 Å². The number of carbonyl (C=O) groups is 1. The van der Waals surface area contributed by atoms with Crippen molar-refractivity contribution < 1.29 is 4.79 Å². The van der Waals surface area contributed by atoms with Crippen LogP contribution < -0.4 is 0 Å². The predicted octanol–water partition coefficient (Wildman–Crippen LogP) is -0.0788. The van der Waals surface area contributed by atoms with E-state index in [-0.39, 0.29) is 5.91 Å². The molecule has 0 aromatic heterocycles. The number of hydrogen-bond donors (Lipinski definition) is 0. The lowest BCUT2D eigenvalue weighted by atomic mass is 10.3. The Morgan fingerprint density at radius 3 is 2.73 bits per heavy atom. The fourth-order valence-corrected chi connectivity index (χ4v) is 1.97. The maximum Gasteiger partial charge on any atom is 0.219 e. The largest absolute Gasteiger partial charge is 0.337 e. The Balaban J connectivity index is 2.02. The van der Waals surface area contributed by atoms with Gasteiger partial charge in [0.25, 0.3) is 0 Å². The van der Waals surface area contributed by atoms with Crippen molar-refractivity contribution in [1.29, 1.82) is 0 Å². The van der Waals surface area contributed by atoms with E-state index in [4.69, 9.17) is 0 Å². The average Bonchev–Trinajstić information content (AvgIpc) is 2.66. The predicted molar refractivity (Wildman–Crippen MR) is 42.2 cm³/mol. The first-order chi connectivity index (χ1) is 5.20. The number of carbonyl (C=O) groups excluding carboxylic acids is 1. The molecule has 3 nitrogen and oxygen atoms in total. The van der Waals surface area contributed by atoms with E-state index in [2.05, 4.69) is 11.9 Å². The van der Waals surface area contributed by atoms with Gasteiger partial charge < -0.3 is 4.90 Å².